The molecular formula is C8H17ClO. The average Bonchev–Trinajstić information content (AvgIpc) is 1.87. The van der Waals surface area contributed by atoms with E-state index in [0.29, 0.717) is 5.92 Å². The summed E-state index contributed by atoms with van der Waals surface area (Å²) < 4.78 is 0. The van der Waals surface area contributed by atoms with Crippen LogP contribution in [0.25, 0.3) is 0 Å². The summed E-state index contributed by atoms with van der Waals surface area (Å²) in [7, 11) is 0. The van der Waals surface area contributed by atoms with Crippen molar-refractivity contribution in [3.63, 3.8) is 0 Å². The summed E-state index contributed by atoms with van der Waals surface area (Å²) in [5.41, 5.74) is -0.679. The van der Waals surface area contributed by atoms with Crippen LogP contribution < -0.4 is 0 Å². The van der Waals surface area contributed by atoms with Crippen LogP contribution in [0, 0.1) is 11.8 Å². The molecule has 0 heterocycles. The number of hydrogen-bond donors (Lipinski definition) is 1. The zero-order valence-electron chi connectivity index (χ0n) is 6.97. The minimum Gasteiger partial charge on any atom is -0.377 e. The smallest absolute Gasteiger partial charge is 0.130 e. The first-order chi connectivity index (χ1) is 4.59. The van der Waals surface area contributed by atoms with Crippen LogP contribution in [0.3, 0.4) is 0 Å². The Balaban J connectivity index is 3.58. The SMILES string of the molecule is CCCC(C)C(C)C(O)Cl. The van der Waals surface area contributed by atoms with Crippen LogP contribution in [0.2, 0.25) is 0 Å². The van der Waals surface area contributed by atoms with Gasteiger partial charge < -0.3 is 5.11 Å². The van der Waals surface area contributed by atoms with E-state index in [1.807, 2.05) is 6.92 Å². The highest BCUT2D eigenvalue weighted by molar-refractivity contribution is 6.19. The summed E-state index contributed by atoms with van der Waals surface area (Å²) in [5.74, 6) is 0.735. The second-order valence-electron chi connectivity index (χ2n) is 3.00. The van der Waals surface area contributed by atoms with Crippen LogP contribution in [0.1, 0.15) is 33.6 Å². The Bertz CT molecular complexity index is 83.3. The number of halogens is 1. The van der Waals surface area contributed by atoms with Crippen molar-refractivity contribution in [3.05, 3.63) is 0 Å². The van der Waals surface area contributed by atoms with Crippen LogP contribution in [-0.2, 0) is 0 Å². The van der Waals surface area contributed by atoms with Gasteiger partial charge in [-0.1, -0.05) is 45.2 Å². The van der Waals surface area contributed by atoms with Gasteiger partial charge in [0.25, 0.3) is 0 Å². The fraction of sp³-hybridized carbons (Fsp3) is 1.00. The molecule has 0 saturated carbocycles. The number of hydrogen-bond acceptors (Lipinski definition) is 1. The van der Waals surface area contributed by atoms with Crippen molar-refractivity contribution in [2.24, 2.45) is 11.8 Å². The van der Waals surface area contributed by atoms with Gasteiger partial charge in [0.15, 0.2) is 0 Å². The van der Waals surface area contributed by atoms with Crippen LogP contribution in [0.4, 0.5) is 0 Å². The molecule has 1 N–H and O–H groups in total. The highest BCUT2D eigenvalue weighted by Gasteiger charge is 2.17. The Morgan fingerprint density at radius 3 is 2.20 bits per heavy atom. The molecule has 3 unspecified atom stereocenters. The first kappa shape index (κ1) is 10.2. The first-order valence-electron chi connectivity index (χ1n) is 3.91. The topological polar surface area (TPSA) is 20.2 Å². The molecule has 62 valence electrons. The van der Waals surface area contributed by atoms with Gasteiger partial charge in [-0.3, -0.25) is 0 Å². The third-order valence-electron chi connectivity index (χ3n) is 2.08. The van der Waals surface area contributed by atoms with Crippen LogP contribution in [0.5, 0.6) is 0 Å². The lowest BCUT2D eigenvalue weighted by Gasteiger charge is -2.19. The molecule has 0 saturated heterocycles. The van der Waals surface area contributed by atoms with E-state index in [0.717, 1.165) is 12.8 Å². The molecule has 2 heteroatoms. The quantitative estimate of drug-likeness (QED) is 0.634. The number of rotatable bonds is 4. The van der Waals surface area contributed by atoms with Gasteiger partial charge in [-0.25, -0.2) is 0 Å². The second kappa shape index (κ2) is 4.97. The van der Waals surface area contributed by atoms with E-state index in [1.165, 1.54) is 0 Å². The molecule has 0 fully saturated rings. The highest BCUT2D eigenvalue weighted by atomic mass is 35.5. The zero-order chi connectivity index (χ0) is 8.15. The molecule has 0 aromatic heterocycles. The van der Waals surface area contributed by atoms with Gasteiger partial charge in [0, 0.05) is 0 Å². The van der Waals surface area contributed by atoms with E-state index in [1.54, 1.807) is 0 Å². The number of aliphatic hydroxyl groups excluding tert-OH is 1. The van der Waals surface area contributed by atoms with Crippen LogP contribution in [-0.4, -0.2) is 10.7 Å². The molecular weight excluding hydrogens is 148 g/mol. The Morgan fingerprint density at radius 2 is 1.90 bits per heavy atom. The van der Waals surface area contributed by atoms with Gasteiger partial charge in [0.2, 0.25) is 0 Å². The summed E-state index contributed by atoms with van der Waals surface area (Å²) >= 11 is 5.51. The van der Waals surface area contributed by atoms with Crippen molar-refractivity contribution in [1.82, 2.24) is 0 Å². The standard InChI is InChI=1S/C8H17ClO/c1-4-5-6(2)7(3)8(9)10/h6-8,10H,4-5H2,1-3H3. The highest BCUT2D eigenvalue weighted by Crippen LogP contribution is 2.21. The van der Waals surface area contributed by atoms with Crippen molar-refractivity contribution in [3.8, 4) is 0 Å². The van der Waals surface area contributed by atoms with Crippen molar-refractivity contribution in [2.75, 3.05) is 0 Å². The van der Waals surface area contributed by atoms with Gasteiger partial charge in [-0.15, -0.1) is 0 Å². The van der Waals surface area contributed by atoms with E-state index in [4.69, 9.17) is 16.7 Å². The van der Waals surface area contributed by atoms with E-state index in [9.17, 15) is 0 Å². The fourth-order valence-electron chi connectivity index (χ4n) is 0.989. The van der Waals surface area contributed by atoms with Gasteiger partial charge in [-0.2, -0.15) is 0 Å². The minimum atomic E-state index is -0.679. The predicted molar refractivity (Wildman–Crippen MR) is 45.1 cm³/mol. The monoisotopic (exact) mass is 164 g/mol. The summed E-state index contributed by atoms with van der Waals surface area (Å²) in [5, 5.41) is 8.98. The van der Waals surface area contributed by atoms with E-state index >= 15 is 0 Å². The molecule has 10 heavy (non-hydrogen) atoms. The molecule has 0 rings (SSSR count). The molecule has 1 nitrogen and oxygen atoms in total. The van der Waals surface area contributed by atoms with E-state index in [-0.39, 0.29) is 5.92 Å². The van der Waals surface area contributed by atoms with E-state index < -0.39 is 5.56 Å². The van der Waals surface area contributed by atoms with Crippen LogP contribution in [0.15, 0.2) is 0 Å². The molecule has 0 aliphatic rings. The normalized spacial score (nSPS) is 20.1. The van der Waals surface area contributed by atoms with E-state index in [2.05, 4.69) is 13.8 Å². The fourth-order valence-corrected chi connectivity index (χ4v) is 1.24. The van der Waals surface area contributed by atoms with Gasteiger partial charge in [0.1, 0.15) is 5.56 Å². The summed E-state index contributed by atoms with van der Waals surface area (Å²) in [6, 6.07) is 0. The second-order valence-corrected chi connectivity index (χ2v) is 3.44. The summed E-state index contributed by atoms with van der Waals surface area (Å²) in [6.45, 7) is 6.25. The van der Waals surface area contributed by atoms with Crippen molar-refractivity contribution in [1.29, 1.82) is 0 Å². The number of aliphatic hydroxyl groups is 1. The molecule has 0 spiro atoms. The maximum absolute atomic E-state index is 8.98. The van der Waals surface area contributed by atoms with Gasteiger partial charge in [-0.05, 0) is 11.8 Å². The lowest BCUT2D eigenvalue weighted by Crippen LogP contribution is -2.18. The summed E-state index contributed by atoms with van der Waals surface area (Å²) in [4.78, 5) is 0. The maximum atomic E-state index is 8.98. The molecule has 0 bridgehead atoms. The Kier molecular flexibility index (Phi) is 5.10. The zero-order valence-corrected chi connectivity index (χ0v) is 7.73. The maximum Gasteiger partial charge on any atom is 0.130 e. The molecule has 0 aromatic carbocycles. The summed E-state index contributed by atoms with van der Waals surface area (Å²) in [6.07, 6.45) is 2.31. The third kappa shape index (κ3) is 3.43. The van der Waals surface area contributed by atoms with Crippen molar-refractivity contribution < 1.29 is 5.11 Å². The van der Waals surface area contributed by atoms with Gasteiger partial charge in [0.05, 0.1) is 0 Å². The molecule has 0 aromatic rings. The Hall–Kier alpha value is 0.250. The van der Waals surface area contributed by atoms with Crippen LogP contribution >= 0.6 is 11.6 Å². The molecule has 3 atom stereocenters. The van der Waals surface area contributed by atoms with Gasteiger partial charge >= 0.3 is 0 Å². The van der Waals surface area contributed by atoms with Crippen molar-refractivity contribution in [2.45, 2.75) is 39.2 Å². The largest absolute Gasteiger partial charge is 0.377 e. The molecule has 0 radical (unpaired) electrons. The molecule has 0 amide bonds. The Labute approximate surface area is 68.4 Å². The Morgan fingerprint density at radius 1 is 1.40 bits per heavy atom. The third-order valence-corrected chi connectivity index (χ3v) is 2.47. The number of alkyl halides is 1. The molecule has 0 aliphatic heterocycles. The molecule has 0 aliphatic carbocycles. The first-order valence-corrected chi connectivity index (χ1v) is 4.35. The minimum absolute atomic E-state index is 0.210. The average molecular weight is 165 g/mol. The lowest BCUT2D eigenvalue weighted by atomic mass is 9.92. The van der Waals surface area contributed by atoms with Crippen molar-refractivity contribution >= 4 is 11.6 Å². The predicted octanol–water partition coefficient (Wildman–Crippen LogP) is 2.62. The lowest BCUT2D eigenvalue weighted by molar-refractivity contribution is 0.153.